The Morgan fingerprint density at radius 3 is 2.28 bits per heavy atom. The van der Waals surface area contributed by atoms with E-state index in [-0.39, 0.29) is 18.0 Å². The fraction of sp³-hybridized carbons (Fsp3) is 0.360. The number of nitriles is 1. The van der Waals surface area contributed by atoms with Gasteiger partial charge in [-0.1, -0.05) is 35.9 Å². The van der Waals surface area contributed by atoms with Crippen LogP contribution in [0.25, 0.3) is 0 Å². The highest BCUT2D eigenvalue weighted by Crippen LogP contribution is 2.44. The van der Waals surface area contributed by atoms with Crippen molar-refractivity contribution in [1.29, 1.82) is 5.26 Å². The second-order valence-electron chi connectivity index (χ2n) is 8.94. The van der Waals surface area contributed by atoms with Crippen molar-refractivity contribution in [2.75, 3.05) is 0 Å². The molecule has 0 spiro atoms. The first-order chi connectivity index (χ1) is 15.2. The molecule has 164 valence electrons. The first-order valence-electron chi connectivity index (χ1n) is 10.6. The molecule has 6 nitrogen and oxygen atoms in total. The van der Waals surface area contributed by atoms with Gasteiger partial charge < -0.3 is 4.90 Å². The molecule has 2 aliphatic heterocycles. The summed E-state index contributed by atoms with van der Waals surface area (Å²) in [6.07, 6.45) is 1.30. The van der Waals surface area contributed by atoms with E-state index in [1.807, 2.05) is 32.0 Å². The molecule has 3 atom stereocenters. The van der Waals surface area contributed by atoms with Gasteiger partial charge in [0.2, 0.25) is 5.91 Å². The molecule has 0 aromatic heterocycles. The number of nitrogens with zero attached hydrogens (tertiary/aromatic N) is 3. The normalized spacial score (nSPS) is 21.5. The van der Waals surface area contributed by atoms with Crippen molar-refractivity contribution in [1.82, 2.24) is 9.80 Å². The Bertz CT molecular complexity index is 1120. The average molecular weight is 450 g/mol. The Labute approximate surface area is 192 Å². The third kappa shape index (κ3) is 3.47. The van der Waals surface area contributed by atoms with Gasteiger partial charge in [0.25, 0.3) is 11.8 Å². The third-order valence-electron chi connectivity index (χ3n) is 6.56. The first-order valence-corrected chi connectivity index (χ1v) is 11.0. The highest BCUT2D eigenvalue weighted by Gasteiger charge is 2.49. The van der Waals surface area contributed by atoms with E-state index in [0.717, 1.165) is 10.5 Å². The lowest BCUT2D eigenvalue weighted by molar-refractivity contribution is -0.139. The van der Waals surface area contributed by atoms with Crippen molar-refractivity contribution in [3.05, 3.63) is 70.2 Å². The number of halogens is 1. The van der Waals surface area contributed by atoms with Crippen LogP contribution in [-0.4, -0.2) is 39.6 Å². The first kappa shape index (κ1) is 22.0. The Morgan fingerprint density at radius 1 is 1.09 bits per heavy atom. The maximum Gasteiger partial charge on any atom is 0.262 e. The molecular weight excluding hydrogens is 426 g/mol. The minimum absolute atomic E-state index is 0.295. The summed E-state index contributed by atoms with van der Waals surface area (Å²) in [4.78, 5) is 42.5. The molecule has 2 heterocycles. The SMILES string of the molecule is CC(C(=O)N1[C@H](c2cccc(Cl)c2)CC[C@@H]1C(C)(C)C#N)N1C(=O)c2ccccc2C1=O. The predicted molar refractivity (Wildman–Crippen MR) is 120 cm³/mol. The summed E-state index contributed by atoms with van der Waals surface area (Å²) in [7, 11) is 0. The summed E-state index contributed by atoms with van der Waals surface area (Å²) in [5, 5.41) is 10.3. The van der Waals surface area contributed by atoms with Crippen LogP contribution in [0.15, 0.2) is 48.5 Å². The summed E-state index contributed by atoms with van der Waals surface area (Å²) in [5.74, 6) is -1.29. The molecule has 2 aliphatic rings. The zero-order chi connectivity index (χ0) is 23.2. The van der Waals surface area contributed by atoms with E-state index in [9.17, 15) is 19.6 Å². The molecule has 2 aromatic carbocycles. The fourth-order valence-electron chi connectivity index (χ4n) is 4.83. The number of benzene rings is 2. The lowest BCUT2D eigenvalue weighted by Gasteiger charge is -2.39. The number of amides is 3. The number of imide groups is 1. The topological polar surface area (TPSA) is 81.5 Å². The quantitative estimate of drug-likeness (QED) is 0.638. The molecular formula is C25H24ClN3O3. The lowest BCUT2D eigenvalue weighted by Crippen LogP contribution is -2.53. The Morgan fingerprint density at radius 2 is 1.72 bits per heavy atom. The van der Waals surface area contributed by atoms with E-state index in [1.54, 1.807) is 42.2 Å². The second-order valence-corrected chi connectivity index (χ2v) is 9.38. The molecule has 0 saturated carbocycles. The minimum atomic E-state index is -1.00. The molecule has 4 rings (SSSR count). The van der Waals surface area contributed by atoms with Crippen molar-refractivity contribution in [3.63, 3.8) is 0 Å². The van der Waals surface area contributed by atoms with Gasteiger partial charge in [-0.25, -0.2) is 0 Å². The predicted octanol–water partition coefficient (Wildman–Crippen LogP) is 4.61. The van der Waals surface area contributed by atoms with Crippen LogP contribution in [-0.2, 0) is 4.79 Å². The van der Waals surface area contributed by atoms with Crippen LogP contribution >= 0.6 is 11.6 Å². The van der Waals surface area contributed by atoms with Gasteiger partial charge in [0.1, 0.15) is 6.04 Å². The van der Waals surface area contributed by atoms with Gasteiger partial charge in [0, 0.05) is 5.02 Å². The van der Waals surface area contributed by atoms with Crippen LogP contribution in [0.2, 0.25) is 5.02 Å². The van der Waals surface area contributed by atoms with E-state index < -0.39 is 23.3 Å². The van der Waals surface area contributed by atoms with Gasteiger partial charge in [-0.2, -0.15) is 5.26 Å². The van der Waals surface area contributed by atoms with E-state index in [4.69, 9.17) is 11.6 Å². The number of carbonyl (C=O) groups is 3. The number of hydrogen-bond donors (Lipinski definition) is 0. The average Bonchev–Trinajstić information content (AvgIpc) is 3.34. The van der Waals surface area contributed by atoms with Gasteiger partial charge in [-0.15, -0.1) is 0 Å². The summed E-state index contributed by atoms with van der Waals surface area (Å²) < 4.78 is 0. The van der Waals surface area contributed by atoms with E-state index in [0.29, 0.717) is 29.0 Å². The molecule has 0 bridgehead atoms. The molecule has 1 unspecified atom stereocenters. The maximum atomic E-state index is 13.9. The summed E-state index contributed by atoms with van der Waals surface area (Å²) in [6, 6.07) is 14.6. The fourth-order valence-corrected chi connectivity index (χ4v) is 5.03. The zero-order valence-electron chi connectivity index (χ0n) is 18.2. The number of fused-ring (bicyclic) bond motifs is 1. The number of carbonyl (C=O) groups excluding carboxylic acids is 3. The largest absolute Gasteiger partial charge is 0.329 e. The Balaban J connectivity index is 1.72. The van der Waals surface area contributed by atoms with Gasteiger partial charge in [-0.05, 0) is 63.4 Å². The van der Waals surface area contributed by atoms with E-state index >= 15 is 0 Å². The van der Waals surface area contributed by atoms with Crippen LogP contribution in [0.1, 0.15) is 65.9 Å². The van der Waals surface area contributed by atoms with Crippen molar-refractivity contribution < 1.29 is 14.4 Å². The van der Waals surface area contributed by atoms with Crippen molar-refractivity contribution >= 4 is 29.3 Å². The smallest absolute Gasteiger partial charge is 0.262 e. The Kier molecular flexibility index (Phi) is 5.56. The highest BCUT2D eigenvalue weighted by atomic mass is 35.5. The van der Waals surface area contributed by atoms with E-state index in [2.05, 4.69) is 6.07 Å². The molecule has 1 fully saturated rings. The number of rotatable bonds is 4. The molecule has 7 heteroatoms. The summed E-state index contributed by atoms with van der Waals surface area (Å²) in [6.45, 7) is 5.20. The van der Waals surface area contributed by atoms with Crippen LogP contribution in [0, 0.1) is 16.7 Å². The van der Waals surface area contributed by atoms with Crippen molar-refractivity contribution in [3.8, 4) is 6.07 Å². The monoisotopic (exact) mass is 449 g/mol. The molecule has 0 radical (unpaired) electrons. The van der Waals surface area contributed by atoms with E-state index in [1.165, 1.54) is 0 Å². The van der Waals surface area contributed by atoms with Crippen molar-refractivity contribution in [2.45, 2.75) is 51.7 Å². The molecule has 0 N–H and O–H groups in total. The number of hydrogen-bond acceptors (Lipinski definition) is 4. The maximum absolute atomic E-state index is 13.9. The molecule has 1 saturated heterocycles. The lowest BCUT2D eigenvalue weighted by atomic mass is 9.84. The van der Waals surface area contributed by atoms with Gasteiger partial charge in [-0.3, -0.25) is 19.3 Å². The Hall–Kier alpha value is -3.17. The molecule has 2 aromatic rings. The van der Waals surface area contributed by atoms with Crippen LogP contribution in [0.4, 0.5) is 0 Å². The third-order valence-corrected chi connectivity index (χ3v) is 6.80. The molecule has 0 aliphatic carbocycles. The summed E-state index contributed by atoms with van der Waals surface area (Å²) >= 11 is 6.21. The molecule has 32 heavy (non-hydrogen) atoms. The second kappa shape index (κ2) is 8.07. The zero-order valence-corrected chi connectivity index (χ0v) is 19.0. The minimum Gasteiger partial charge on any atom is -0.329 e. The summed E-state index contributed by atoms with van der Waals surface area (Å²) in [5.41, 5.74) is 0.680. The van der Waals surface area contributed by atoms with Crippen LogP contribution in [0.5, 0.6) is 0 Å². The van der Waals surface area contributed by atoms with Gasteiger partial charge in [0.15, 0.2) is 0 Å². The van der Waals surface area contributed by atoms with Crippen LogP contribution in [0.3, 0.4) is 0 Å². The van der Waals surface area contributed by atoms with Crippen molar-refractivity contribution in [2.24, 2.45) is 5.41 Å². The standard InChI is InChI=1S/C25H24ClN3O3/c1-15(28-23(31)18-9-4-5-10-19(18)24(28)32)22(30)29-20(16-7-6-8-17(26)13-16)11-12-21(29)25(2,3)14-27/h4-10,13,15,20-21H,11-12H2,1-3H3/t15?,20-,21+/m0/s1. The highest BCUT2D eigenvalue weighted by molar-refractivity contribution is 6.30. The van der Waals surface area contributed by atoms with Crippen LogP contribution < -0.4 is 0 Å². The molecule has 3 amide bonds. The van der Waals surface area contributed by atoms with Gasteiger partial charge in [0.05, 0.1) is 34.7 Å². The number of likely N-dealkylation sites (tertiary alicyclic amines) is 1. The van der Waals surface area contributed by atoms with Gasteiger partial charge >= 0.3 is 0 Å².